The molecule has 4 heteroatoms. The molecule has 0 saturated heterocycles. The number of furan rings is 1. The van der Waals surface area contributed by atoms with Gasteiger partial charge < -0.3 is 9.52 Å². The second-order valence-corrected chi connectivity index (χ2v) is 4.00. The fourth-order valence-electron chi connectivity index (χ4n) is 1.82. The summed E-state index contributed by atoms with van der Waals surface area (Å²) >= 11 is 5.94. The molecule has 2 aromatic rings. The summed E-state index contributed by atoms with van der Waals surface area (Å²) in [6.07, 6.45) is 1.68. The summed E-state index contributed by atoms with van der Waals surface area (Å²) in [7, 11) is 0. The highest BCUT2D eigenvalue weighted by molar-refractivity contribution is 6.49. The number of fused-ring (bicyclic) bond motifs is 1. The molecule has 0 saturated carbocycles. The van der Waals surface area contributed by atoms with Gasteiger partial charge in [0.1, 0.15) is 11.3 Å². The number of carbonyl (C=O) groups is 1. The van der Waals surface area contributed by atoms with Gasteiger partial charge in [-0.15, -0.1) is 0 Å². The molecule has 1 N–H and O–H groups in total. The van der Waals surface area contributed by atoms with E-state index in [-0.39, 0.29) is 5.03 Å². The maximum atomic E-state index is 10.6. The van der Waals surface area contributed by atoms with Crippen LogP contribution in [0.3, 0.4) is 0 Å². The van der Waals surface area contributed by atoms with E-state index in [4.69, 9.17) is 21.1 Å². The molecule has 1 heterocycles. The summed E-state index contributed by atoms with van der Waals surface area (Å²) in [4.78, 5) is 10.6. The Morgan fingerprint density at radius 2 is 2.18 bits per heavy atom. The standard InChI is InChI=1S/C13H11ClO3/c1-2-8-9-5-3-4-6-11(9)17-13(8)10(14)7-12(15)16/h3-7H,2H2,1H3,(H,15,16)/b10-7-. The van der Waals surface area contributed by atoms with Gasteiger partial charge in [-0.1, -0.05) is 36.7 Å². The lowest BCUT2D eigenvalue weighted by Gasteiger charge is -1.97. The Morgan fingerprint density at radius 3 is 2.82 bits per heavy atom. The van der Waals surface area contributed by atoms with Crippen LogP contribution >= 0.6 is 11.6 Å². The molecule has 1 aromatic carbocycles. The van der Waals surface area contributed by atoms with E-state index in [0.29, 0.717) is 5.76 Å². The Balaban J connectivity index is 2.65. The average molecular weight is 251 g/mol. The summed E-state index contributed by atoms with van der Waals surface area (Å²) in [5, 5.41) is 9.77. The second kappa shape index (κ2) is 4.63. The number of hydrogen-bond acceptors (Lipinski definition) is 2. The van der Waals surface area contributed by atoms with Crippen LogP contribution in [0, 0.1) is 0 Å². The molecule has 0 radical (unpaired) electrons. The van der Waals surface area contributed by atoms with Gasteiger partial charge in [-0.05, 0) is 12.5 Å². The Bertz CT molecular complexity index is 596. The van der Waals surface area contributed by atoms with Crippen LogP contribution in [0.2, 0.25) is 0 Å². The molecular weight excluding hydrogens is 240 g/mol. The predicted octanol–water partition coefficient (Wildman–Crippen LogP) is 3.66. The van der Waals surface area contributed by atoms with Crippen molar-refractivity contribution in [3.8, 4) is 0 Å². The molecule has 0 fully saturated rings. The maximum absolute atomic E-state index is 10.6. The van der Waals surface area contributed by atoms with Crippen molar-refractivity contribution in [1.29, 1.82) is 0 Å². The highest BCUT2D eigenvalue weighted by Crippen LogP contribution is 2.32. The first-order valence-corrected chi connectivity index (χ1v) is 5.62. The van der Waals surface area contributed by atoms with Crippen molar-refractivity contribution in [2.75, 3.05) is 0 Å². The summed E-state index contributed by atoms with van der Waals surface area (Å²) in [6.45, 7) is 1.98. The van der Waals surface area contributed by atoms with Crippen molar-refractivity contribution in [2.45, 2.75) is 13.3 Å². The molecular formula is C13H11ClO3. The fourth-order valence-corrected chi connectivity index (χ4v) is 2.06. The third-order valence-corrected chi connectivity index (χ3v) is 2.80. The summed E-state index contributed by atoms with van der Waals surface area (Å²) in [5.74, 6) is -0.643. The average Bonchev–Trinajstić information content (AvgIpc) is 2.66. The Hall–Kier alpha value is -1.74. The minimum Gasteiger partial charge on any atom is -0.478 e. The monoisotopic (exact) mass is 250 g/mol. The molecule has 17 heavy (non-hydrogen) atoms. The first-order chi connectivity index (χ1) is 8.13. The minimum absolute atomic E-state index is 0.116. The van der Waals surface area contributed by atoms with Crippen LogP contribution in [-0.2, 0) is 11.2 Å². The van der Waals surface area contributed by atoms with Gasteiger partial charge in [-0.2, -0.15) is 0 Å². The van der Waals surface area contributed by atoms with Crippen LogP contribution < -0.4 is 0 Å². The molecule has 0 amide bonds. The summed E-state index contributed by atoms with van der Waals surface area (Å²) < 4.78 is 5.59. The van der Waals surface area contributed by atoms with Gasteiger partial charge in [-0.25, -0.2) is 4.79 Å². The normalized spacial score (nSPS) is 12.0. The quantitative estimate of drug-likeness (QED) is 0.846. The van der Waals surface area contributed by atoms with Gasteiger partial charge in [0.05, 0.1) is 5.03 Å². The van der Waals surface area contributed by atoms with E-state index in [2.05, 4.69) is 0 Å². The molecule has 0 aliphatic carbocycles. The Labute approximate surface area is 103 Å². The topological polar surface area (TPSA) is 50.4 Å². The van der Waals surface area contributed by atoms with E-state index in [1.54, 1.807) is 0 Å². The lowest BCUT2D eigenvalue weighted by molar-refractivity contribution is -0.131. The van der Waals surface area contributed by atoms with Gasteiger partial charge in [0.15, 0.2) is 0 Å². The van der Waals surface area contributed by atoms with E-state index < -0.39 is 5.97 Å². The first-order valence-electron chi connectivity index (χ1n) is 5.24. The molecule has 1 aromatic heterocycles. The SMILES string of the molecule is CCc1c(/C(Cl)=C/C(=O)O)oc2ccccc12. The van der Waals surface area contributed by atoms with E-state index in [1.807, 2.05) is 31.2 Å². The number of carboxylic acids is 1. The Morgan fingerprint density at radius 1 is 1.47 bits per heavy atom. The zero-order chi connectivity index (χ0) is 12.4. The summed E-state index contributed by atoms with van der Waals surface area (Å²) in [6, 6.07) is 7.55. The largest absolute Gasteiger partial charge is 0.478 e. The maximum Gasteiger partial charge on any atom is 0.329 e. The molecule has 0 atom stereocenters. The third kappa shape index (κ3) is 2.19. The van der Waals surface area contributed by atoms with Crippen molar-refractivity contribution in [3.05, 3.63) is 41.7 Å². The number of aliphatic carboxylic acids is 1. The molecule has 0 bridgehead atoms. The lowest BCUT2D eigenvalue weighted by Crippen LogP contribution is -1.90. The highest BCUT2D eigenvalue weighted by atomic mass is 35.5. The number of rotatable bonds is 3. The molecule has 3 nitrogen and oxygen atoms in total. The lowest BCUT2D eigenvalue weighted by atomic mass is 10.1. The third-order valence-electron chi connectivity index (χ3n) is 2.52. The number of halogens is 1. The van der Waals surface area contributed by atoms with E-state index in [0.717, 1.165) is 29.0 Å². The van der Waals surface area contributed by atoms with Crippen molar-refractivity contribution >= 4 is 33.6 Å². The van der Waals surface area contributed by atoms with Gasteiger partial charge >= 0.3 is 5.97 Å². The van der Waals surface area contributed by atoms with E-state index in [1.165, 1.54) is 0 Å². The van der Waals surface area contributed by atoms with Crippen molar-refractivity contribution in [3.63, 3.8) is 0 Å². The molecule has 88 valence electrons. The number of para-hydroxylation sites is 1. The number of aryl methyl sites for hydroxylation is 1. The smallest absolute Gasteiger partial charge is 0.329 e. The van der Waals surface area contributed by atoms with Crippen LogP contribution in [0.1, 0.15) is 18.2 Å². The molecule has 0 aliphatic rings. The van der Waals surface area contributed by atoms with Crippen LogP contribution in [0.5, 0.6) is 0 Å². The first kappa shape index (κ1) is 11.7. The van der Waals surface area contributed by atoms with Crippen LogP contribution in [0.25, 0.3) is 16.0 Å². The highest BCUT2D eigenvalue weighted by Gasteiger charge is 2.15. The molecule has 0 aliphatic heterocycles. The van der Waals surface area contributed by atoms with Gasteiger partial charge in [0.25, 0.3) is 0 Å². The molecule has 2 rings (SSSR count). The minimum atomic E-state index is -1.09. The van der Waals surface area contributed by atoms with Crippen molar-refractivity contribution in [1.82, 2.24) is 0 Å². The zero-order valence-electron chi connectivity index (χ0n) is 9.24. The number of benzene rings is 1. The zero-order valence-corrected chi connectivity index (χ0v) is 9.99. The van der Waals surface area contributed by atoms with Crippen LogP contribution in [-0.4, -0.2) is 11.1 Å². The van der Waals surface area contributed by atoms with E-state index >= 15 is 0 Å². The molecule has 0 spiro atoms. The van der Waals surface area contributed by atoms with Crippen LogP contribution in [0.4, 0.5) is 0 Å². The number of hydrogen-bond donors (Lipinski definition) is 1. The summed E-state index contributed by atoms with van der Waals surface area (Å²) in [5.41, 5.74) is 1.65. The van der Waals surface area contributed by atoms with Gasteiger partial charge in [0, 0.05) is 17.0 Å². The fraction of sp³-hybridized carbons (Fsp3) is 0.154. The van der Waals surface area contributed by atoms with Gasteiger partial charge in [-0.3, -0.25) is 0 Å². The Kier molecular flexibility index (Phi) is 3.20. The van der Waals surface area contributed by atoms with Crippen molar-refractivity contribution < 1.29 is 14.3 Å². The van der Waals surface area contributed by atoms with Crippen LogP contribution in [0.15, 0.2) is 34.8 Å². The van der Waals surface area contributed by atoms with Gasteiger partial charge in [0.2, 0.25) is 0 Å². The van der Waals surface area contributed by atoms with Crippen molar-refractivity contribution in [2.24, 2.45) is 0 Å². The van der Waals surface area contributed by atoms with E-state index in [9.17, 15) is 4.79 Å². The number of carboxylic acid groups (broad SMARTS) is 1. The second-order valence-electron chi connectivity index (χ2n) is 3.59. The molecule has 0 unspecified atom stereocenters. The predicted molar refractivity (Wildman–Crippen MR) is 67.1 cm³/mol.